The maximum absolute atomic E-state index is 5.49. The molecule has 7 heteroatoms. The zero-order chi connectivity index (χ0) is 14.1. The summed E-state index contributed by atoms with van der Waals surface area (Å²) in [6.45, 7) is 3.04. The van der Waals surface area contributed by atoms with Crippen molar-refractivity contribution in [2.75, 3.05) is 7.05 Å². The number of hydrogen-bond donors (Lipinski definition) is 1. The molecule has 2 N–H and O–H groups in total. The third kappa shape index (κ3) is 2.61. The molecule has 2 heterocycles. The van der Waals surface area contributed by atoms with Crippen molar-refractivity contribution < 1.29 is 4.52 Å². The minimum atomic E-state index is 0.290. The molecule has 1 atom stereocenters. The highest BCUT2D eigenvalue weighted by molar-refractivity contribution is 7.11. The van der Waals surface area contributed by atoms with Gasteiger partial charge in [0.05, 0.1) is 23.8 Å². The fraction of sp³-hybridized carbons (Fsp3) is 0.615. The van der Waals surface area contributed by atoms with Crippen molar-refractivity contribution >= 4 is 11.3 Å². The summed E-state index contributed by atoms with van der Waals surface area (Å²) in [5.74, 6) is 1.19. The van der Waals surface area contributed by atoms with E-state index in [0.717, 1.165) is 17.8 Å². The van der Waals surface area contributed by atoms with Crippen LogP contribution in [0.2, 0.25) is 0 Å². The Morgan fingerprint density at radius 1 is 1.45 bits per heavy atom. The molecule has 0 spiro atoms. The van der Waals surface area contributed by atoms with Gasteiger partial charge in [-0.25, -0.2) is 4.98 Å². The first-order valence-corrected chi connectivity index (χ1v) is 7.67. The van der Waals surface area contributed by atoms with Gasteiger partial charge in [-0.3, -0.25) is 4.90 Å². The third-order valence-corrected chi connectivity index (χ3v) is 4.75. The van der Waals surface area contributed by atoms with Crippen LogP contribution in [0.15, 0.2) is 4.52 Å². The summed E-state index contributed by atoms with van der Waals surface area (Å²) >= 11 is 1.81. The number of nitrogens with zero attached hydrogens (tertiary/aromatic N) is 4. The minimum absolute atomic E-state index is 0.290. The van der Waals surface area contributed by atoms with Crippen molar-refractivity contribution in [1.82, 2.24) is 20.0 Å². The quantitative estimate of drug-likeness (QED) is 0.925. The molecule has 108 valence electrons. The summed E-state index contributed by atoms with van der Waals surface area (Å²) < 4.78 is 5.05. The van der Waals surface area contributed by atoms with Gasteiger partial charge >= 0.3 is 0 Å². The zero-order valence-corrected chi connectivity index (χ0v) is 12.6. The second-order valence-electron chi connectivity index (χ2n) is 5.18. The number of aromatic nitrogens is 3. The molecule has 2 aromatic heterocycles. The van der Waals surface area contributed by atoms with E-state index in [-0.39, 0.29) is 0 Å². The number of fused-ring (bicyclic) bond motifs is 1. The highest BCUT2D eigenvalue weighted by Crippen LogP contribution is 2.37. The van der Waals surface area contributed by atoms with Gasteiger partial charge in [0.1, 0.15) is 0 Å². The summed E-state index contributed by atoms with van der Waals surface area (Å²) in [7, 11) is 2.10. The predicted molar refractivity (Wildman–Crippen MR) is 76.2 cm³/mol. The molecule has 1 unspecified atom stereocenters. The Balaban J connectivity index is 1.75. The maximum atomic E-state index is 5.49. The van der Waals surface area contributed by atoms with Crippen molar-refractivity contribution in [3.8, 4) is 0 Å². The lowest BCUT2D eigenvalue weighted by Crippen LogP contribution is -2.27. The highest BCUT2D eigenvalue weighted by Gasteiger charge is 2.27. The summed E-state index contributed by atoms with van der Waals surface area (Å²) in [5, 5.41) is 5.12. The SMILES string of the molecule is Cc1nc2c(s1)C(N(C)Cc1noc(CN)n1)CCC2. The van der Waals surface area contributed by atoms with Gasteiger partial charge in [-0.1, -0.05) is 5.16 Å². The molecule has 0 aliphatic heterocycles. The molecule has 0 fully saturated rings. The Hall–Kier alpha value is -1.31. The first kappa shape index (κ1) is 13.7. The van der Waals surface area contributed by atoms with Crippen LogP contribution in [-0.4, -0.2) is 27.1 Å². The molecular formula is C13H19N5OS. The number of rotatable bonds is 4. The van der Waals surface area contributed by atoms with Gasteiger partial charge in [0.2, 0.25) is 5.89 Å². The molecule has 0 bridgehead atoms. The van der Waals surface area contributed by atoms with Crippen LogP contribution in [0, 0.1) is 6.92 Å². The fourth-order valence-electron chi connectivity index (χ4n) is 2.71. The largest absolute Gasteiger partial charge is 0.338 e. The summed E-state index contributed by atoms with van der Waals surface area (Å²) in [5.41, 5.74) is 6.76. The van der Waals surface area contributed by atoms with Gasteiger partial charge in [0.15, 0.2) is 5.82 Å². The molecule has 0 amide bonds. The van der Waals surface area contributed by atoms with E-state index in [1.807, 2.05) is 11.3 Å². The average molecular weight is 293 g/mol. The average Bonchev–Trinajstić information content (AvgIpc) is 3.02. The van der Waals surface area contributed by atoms with E-state index in [0.29, 0.717) is 30.8 Å². The number of thiazole rings is 1. The lowest BCUT2D eigenvalue weighted by atomic mass is 9.97. The Morgan fingerprint density at radius 3 is 3.05 bits per heavy atom. The van der Waals surface area contributed by atoms with Crippen LogP contribution < -0.4 is 5.73 Å². The summed E-state index contributed by atoms with van der Waals surface area (Å²) in [6.07, 6.45) is 3.45. The van der Waals surface area contributed by atoms with E-state index >= 15 is 0 Å². The van der Waals surface area contributed by atoms with Crippen molar-refractivity contribution in [3.05, 3.63) is 27.3 Å². The first-order chi connectivity index (χ1) is 9.67. The van der Waals surface area contributed by atoms with E-state index < -0.39 is 0 Å². The van der Waals surface area contributed by atoms with Crippen LogP contribution in [0.25, 0.3) is 0 Å². The van der Waals surface area contributed by atoms with Crippen LogP contribution in [-0.2, 0) is 19.5 Å². The molecule has 3 rings (SSSR count). The Labute approximate surface area is 122 Å². The fourth-order valence-corrected chi connectivity index (χ4v) is 3.88. The van der Waals surface area contributed by atoms with Gasteiger partial charge in [-0.15, -0.1) is 11.3 Å². The number of hydrogen-bond acceptors (Lipinski definition) is 7. The molecule has 0 aromatic carbocycles. The van der Waals surface area contributed by atoms with E-state index in [4.69, 9.17) is 10.3 Å². The van der Waals surface area contributed by atoms with Gasteiger partial charge in [-0.2, -0.15) is 4.98 Å². The van der Waals surface area contributed by atoms with Crippen molar-refractivity contribution in [3.63, 3.8) is 0 Å². The first-order valence-electron chi connectivity index (χ1n) is 6.85. The molecule has 0 saturated carbocycles. The monoisotopic (exact) mass is 293 g/mol. The normalized spacial score (nSPS) is 18.5. The van der Waals surface area contributed by atoms with Gasteiger partial charge in [-0.05, 0) is 33.2 Å². The van der Waals surface area contributed by atoms with Crippen LogP contribution in [0.5, 0.6) is 0 Å². The molecule has 2 aromatic rings. The Morgan fingerprint density at radius 2 is 2.30 bits per heavy atom. The van der Waals surface area contributed by atoms with Gasteiger partial charge in [0, 0.05) is 10.9 Å². The standard InChI is InChI=1S/C13H19N5OS/c1-8-15-9-4-3-5-10(13(9)20-8)18(2)7-11-16-12(6-14)19-17-11/h10H,3-7,14H2,1-2H3. The van der Waals surface area contributed by atoms with Crippen molar-refractivity contribution in [2.24, 2.45) is 5.73 Å². The zero-order valence-electron chi connectivity index (χ0n) is 11.8. The molecular weight excluding hydrogens is 274 g/mol. The van der Waals surface area contributed by atoms with E-state index in [2.05, 4.69) is 34.0 Å². The summed E-state index contributed by atoms with van der Waals surface area (Å²) in [6, 6.07) is 0.407. The van der Waals surface area contributed by atoms with Gasteiger partial charge in [0.25, 0.3) is 0 Å². The van der Waals surface area contributed by atoms with Crippen molar-refractivity contribution in [1.29, 1.82) is 0 Å². The Bertz CT molecular complexity index is 593. The van der Waals surface area contributed by atoms with E-state index in [1.54, 1.807) is 0 Å². The third-order valence-electron chi connectivity index (χ3n) is 3.64. The van der Waals surface area contributed by atoms with E-state index in [1.165, 1.54) is 17.0 Å². The highest BCUT2D eigenvalue weighted by atomic mass is 32.1. The molecule has 0 radical (unpaired) electrons. The minimum Gasteiger partial charge on any atom is -0.338 e. The number of nitrogens with two attached hydrogens (primary N) is 1. The molecule has 20 heavy (non-hydrogen) atoms. The van der Waals surface area contributed by atoms with Crippen LogP contribution in [0.4, 0.5) is 0 Å². The lowest BCUT2D eigenvalue weighted by molar-refractivity contribution is 0.208. The lowest BCUT2D eigenvalue weighted by Gasteiger charge is -2.29. The summed E-state index contributed by atoms with van der Waals surface area (Å²) in [4.78, 5) is 12.6. The van der Waals surface area contributed by atoms with E-state index in [9.17, 15) is 0 Å². The molecule has 1 aliphatic carbocycles. The van der Waals surface area contributed by atoms with Crippen molar-refractivity contribution in [2.45, 2.75) is 45.3 Å². The van der Waals surface area contributed by atoms with Crippen LogP contribution in [0.1, 0.15) is 46.2 Å². The topological polar surface area (TPSA) is 81.1 Å². The predicted octanol–water partition coefficient (Wildman–Crippen LogP) is 1.80. The second-order valence-corrected chi connectivity index (χ2v) is 6.41. The Kier molecular flexibility index (Phi) is 3.82. The van der Waals surface area contributed by atoms with Crippen LogP contribution >= 0.6 is 11.3 Å². The van der Waals surface area contributed by atoms with Crippen LogP contribution in [0.3, 0.4) is 0 Å². The van der Waals surface area contributed by atoms with Gasteiger partial charge < -0.3 is 10.3 Å². The smallest absolute Gasteiger partial charge is 0.240 e. The maximum Gasteiger partial charge on any atom is 0.240 e. The molecule has 0 saturated heterocycles. The molecule has 6 nitrogen and oxygen atoms in total. The second kappa shape index (κ2) is 5.59. The molecule has 1 aliphatic rings. The number of aryl methyl sites for hydroxylation is 2.